The molecule has 1 amide bonds. The Balaban J connectivity index is 1.48. The number of carbonyl (C=O) groups is 1. The summed E-state index contributed by atoms with van der Waals surface area (Å²) in [6.07, 6.45) is 1.72. The van der Waals surface area contributed by atoms with Gasteiger partial charge in [0.15, 0.2) is 0 Å². The molecule has 0 atom stereocenters. The standard InChI is InChI=1S/C23H20N4OS/c1-16-8-2-3-9-17(16)14-25-18-10-4-5-11-19(18)26-22(28)21-15-29-23(27-21)20-12-6-7-13-24-20/h2-13,15,25H,14H2,1H3,(H,26,28). The first kappa shape index (κ1) is 18.8. The van der Waals surface area contributed by atoms with Crippen molar-refractivity contribution < 1.29 is 4.79 Å². The van der Waals surface area contributed by atoms with E-state index in [2.05, 4.69) is 39.7 Å². The number of pyridine rings is 1. The van der Waals surface area contributed by atoms with Crippen molar-refractivity contribution in [2.24, 2.45) is 0 Å². The minimum absolute atomic E-state index is 0.242. The molecule has 0 saturated heterocycles. The summed E-state index contributed by atoms with van der Waals surface area (Å²) in [5.74, 6) is -0.242. The van der Waals surface area contributed by atoms with Crippen LogP contribution in [0.4, 0.5) is 11.4 Å². The predicted molar refractivity (Wildman–Crippen MR) is 118 cm³/mol. The van der Waals surface area contributed by atoms with Gasteiger partial charge < -0.3 is 10.6 Å². The van der Waals surface area contributed by atoms with Gasteiger partial charge in [-0.3, -0.25) is 9.78 Å². The maximum absolute atomic E-state index is 12.7. The molecule has 0 aliphatic heterocycles. The van der Waals surface area contributed by atoms with Gasteiger partial charge >= 0.3 is 0 Å². The molecule has 29 heavy (non-hydrogen) atoms. The van der Waals surface area contributed by atoms with E-state index < -0.39 is 0 Å². The molecule has 2 heterocycles. The largest absolute Gasteiger partial charge is 0.379 e. The first-order valence-corrected chi connectivity index (χ1v) is 10.1. The van der Waals surface area contributed by atoms with Crippen molar-refractivity contribution in [3.05, 3.63) is 95.1 Å². The monoisotopic (exact) mass is 400 g/mol. The van der Waals surface area contributed by atoms with Crippen LogP contribution in [-0.2, 0) is 6.54 Å². The second-order valence-electron chi connectivity index (χ2n) is 6.53. The lowest BCUT2D eigenvalue weighted by Crippen LogP contribution is -2.14. The third-order valence-electron chi connectivity index (χ3n) is 4.53. The van der Waals surface area contributed by atoms with Crippen molar-refractivity contribution in [3.63, 3.8) is 0 Å². The van der Waals surface area contributed by atoms with Crippen LogP contribution >= 0.6 is 11.3 Å². The van der Waals surface area contributed by atoms with Gasteiger partial charge in [0.05, 0.1) is 17.1 Å². The van der Waals surface area contributed by atoms with Gasteiger partial charge in [0, 0.05) is 18.1 Å². The number of anilines is 2. The second-order valence-corrected chi connectivity index (χ2v) is 7.39. The van der Waals surface area contributed by atoms with E-state index in [1.807, 2.05) is 54.6 Å². The number of hydrogen-bond donors (Lipinski definition) is 2. The van der Waals surface area contributed by atoms with E-state index in [1.165, 1.54) is 22.5 Å². The quantitative estimate of drug-likeness (QED) is 0.456. The van der Waals surface area contributed by atoms with Gasteiger partial charge in [-0.1, -0.05) is 42.5 Å². The summed E-state index contributed by atoms with van der Waals surface area (Å²) in [4.78, 5) is 21.4. The van der Waals surface area contributed by atoms with Crippen molar-refractivity contribution in [1.29, 1.82) is 0 Å². The lowest BCUT2D eigenvalue weighted by Gasteiger charge is -2.13. The number of thiazole rings is 1. The molecule has 4 rings (SSSR count). The lowest BCUT2D eigenvalue weighted by atomic mass is 10.1. The Labute approximate surface area is 173 Å². The Bertz CT molecular complexity index is 1120. The Morgan fingerprint density at radius 3 is 2.52 bits per heavy atom. The molecule has 144 valence electrons. The van der Waals surface area contributed by atoms with Gasteiger partial charge in [0.25, 0.3) is 5.91 Å². The fraction of sp³-hybridized carbons (Fsp3) is 0.0870. The van der Waals surface area contributed by atoms with Crippen LogP contribution in [0.3, 0.4) is 0 Å². The molecule has 0 spiro atoms. The Hall–Kier alpha value is -3.51. The molecule has 2 aromatic carbocycles. The molecule has 0 aliphatic carbocycles. The smallest absolute Gasteiger partial charge is 0.275 e. The molecule has 2 aromatic heterocycles. The van der Waals surface area contributed by atoms with Crippen LogP contribution < -0.4 is 10.6 Å². The van der Waals surface area contributed by atoms with Crippen LogP contribution in [-0.4, -0.2) is 15.9 Å². The highest BCUT2D eigenvalue weighted by atomic mass is 32.1. The lowest BCUT2D eigenvalue weighted by molar-refractivity contribution is 0.102. The van der Waals surface area contributed by atoms with Crippen LogP contribution in [0.1, 0.15) is 21.6 Å². The van der Waals surface area contributed by atoms with E-state index >= 15 is 0 Å². The number of amides is 1. The zero-order chi connectivity index (χ0) is 20.1. The number of hydrogen-bond acceptors (Lipinski definition) is 5. The number of benzene rings is 2. The van der Waals surface area contributed by atoms with E-state index in [4.69, 9.17) is 0 Å². The van der Waals surface area contributed by atoms with Gasteiger partial charge in [-0.25, -0.2) is 4.98 Å². The summed E-state index contributed by atoms with van der Waals surface area (Å²) in [6.45, 7) is 2.77. The fourth-order valence-corrected chi connectivity index (χ4v) is 3.69. The molecule has 6 heteroatoms. The maximum atomic E-state index is 12.7. The van der Waals surface area contributed by atoms with Crippen LogP contribution in [0.15, 0.2) is 78.3 Å². The topological polar surface area (TPSA) is 66.9 Å². The maximum Gasteiger partial charge on any atom is 0.275 e. The van der Waals surface area contributed by atoms with E-state index in [0.717, 1.165) is 22.1 Å². The van der Waals surface area contributed by atoms with Crippen LogP contribution in [0, 0.1) is 6.92 Å². The molecule has 0 unspecified atom stereocenters. The highest BCUT2D eigenvalue weighted by molar-refractivity contribution is 7.13. The number of nitrogens with zero attached hydrogens (tertiary/aromatic N) is 2. The van der Waals surface area contributed by atoms with Crippen molar-refractivity contribution in [2.45, 2.75) is 13.5 Å². The van der Waals surface area contributed by atoms with Crippen LogP contribution in [0.25, 0.3) is 10.7 Å². The minimum atomic E-state index is -0.242. The molecule has 0 aliphatic rings. The first-order chi connectivity index (χ1) is 14.2. The summed E-state index contributed by atoms with van der Waals surface area (Å²) >= 11 is 1.40. The number of nitrogens with one attached hydrogen (secondary N) is 2. The molecule has 4 aromatic rings. The van der Waals surface area contributed by atoms with E-state index in [-0.39, 0.29) is 5.91 Å². The highest BCUT2D eigenvalue weighted by Crippen LogP contribution is 2.25. The number of aromatic nitrogens is 2. The Morgan fingerprint density at radius 1 is 0.966 bits per heavy atom. The van der Waals surface area contributed by atoms with Gasteiger partial charge in [-0.2, -0.15) is 0 Å². The Kier molecular flexibility index (Phi) is 5.63. The van der Waals surface area contributed by atoms with Crippen LogP contribution in [0.2, 0.25) is 0 Å². The van der Waals surface area contributed by atoms with Gasteiger partial charge in [0.2, 0.25) is 0 Å². The molecule has 0 saturated carbocycles. The zero-order valence-corrected chi connectivity index (χ0v) is 16.7. The number of carbonyl (C=O) groups excluding carboxylic acids is 1. The number of rotatable bonds is 6. The van der Waals surface area contributed by atoms with E-state index in [1.54, 1.807) is 11.6 Å². The number of aryl methyl sites for hydroxylation is 1. The summed E-state index contributed by atoms with van der Waals surface area (Å²) in [6, 6.07) is 21.5. The molecular weight excluding hydrogens is 380 g/mol. The molecule has 0 radical (unpaired) electrons. The second kappa shape index (κ2) is 8.67. The molecule has 0 bridgehead atoms. The summed E-state index contributed by atoms with van der Waals surface area (Å²) in [7, 11) is 0. The predicted octanol–water partition coefficient (Wildman–Crippen LogP) is 5.38. The third-order valence-corrected chi connectivity index (χ3v) is 5.39. The van der Waals surface area contributed by atoms with Crippen molar-refractivity contribution in [2.75, 3.05) is 10.6 Å². The van der Waals surface area contributed by atoms with E-state index in [9.17, 15) is 4.79 Å². The third kappa shape index (κ3) is 4.50. The molecule has 2 N–H and O–H groups in total. The molecule has 5 nitrogen and oxygen atoms in total. The summed E-state index contributed by atoms with van der Waals surface area (Å²) in [5.41, 5.74) is 5.17. The minimum Gasteiger partial charge on any atom is -0.379 e. The SMILES string of the molecule is Cc1ccccc1CNc1ccccc1NC(=O)c1csc(-c2ccccn2)n1. The normalized spacial score (nSPS) is 10.5. The zero-order valence-electron chi connectivity index (χ0n) is 15.9. The summed E-state index contributed by atoms with van der Waals surface area (Å²) in [5, 5.41) is 8.86. The summed E-state index contributed by atoms with van der Waals surface area (Å²) < 4.78 is 0. The number of para-hydroxylation sites is 2. The van der Waals surface area contributed by atoms with Gasteiger partial charge in [-0.05, 0) is 42.3 Å². The first-order valence-electron chi connectivity index (χ1n) is 9.26. The van der Waals surface area contributed by atoms with Crippen molar-refractivity contribution >= 4 is 28.6 Å². The molecular formula is C23H20N4OS. The fourth-order valence-electron chi connectivity index (χ4n) is 2.92. The van der Waals surface area contributed by atoms with Crippen molar-refractivity contribution in [3.8, 4) is 10.7 Å². The van der Waals surface area contributed by atoms with Gasteiger partial charge in [0.1, 0.15) is 10.7 Å². The van der Waals surface area contributed by atoms with Crippen LogP contribution in [0.5, 0.6) is 0 Å². The molecule has 0 fully saturated rings. The van der Waals surface area contributed by atoms with Gasteiger partial charge in [-0.15, -0.1) is 11.3 Å². The average molecular weight is 401 g/mol. The van der Waals surface area contributed by atoms with Crippen molar-refractivity contribution in [1.82, 2.24) is 9.97 Å². The van der Waals surface area contributed by atoms with E-state index in [0.29, 0.717) is 12.2 Å². The average Bonchev–Trinajstić information content (AvgIpc) is 3.25. The Morgan fingerprint density at radius 2 is 1.72 bits per heavy atom. The highest BCUT2D eigenvalue weighted by Gasteiger charge is 2.14.